The zero-order chi connectivity index (χ0) is 15.4. The van der Waals surface area contributed by atoms with Gasteiger partial charge in [0.1, 0.15) is 11.3 Å². The van der Waals surface area contributed by atoms with Crippen molar-refractivity contribution in [2.75, 3.05) is 6.54 Å². The molecule has 0 fully saturated rings. The summed E-state index contributed by atoms with van der Waals surface area (Å²) >= 11 is 0. The van der Waals surface area contributed by atoms with E-state index in [-0.39, 0.29) is 0 Å². The summed E-state index contributed by atoms with van der Waals surface area (Å²) in [6.45, 7) is 13.1. The van der Waals surface area contributed by atoms with E-state index in [1.165, 1.54) is 16.5 Å². The van der Waals surface area contributed by atoms with Gasteiger partial charge >= 0.3 is 0 Å². The minimum atomic E-state index is 0.639. The predicted octanol–water partition coefficient (Wildman–Crippen LogP) is 4.94. The molecule has 0 radical (unpaired) electrons. The van der Waals surface area contributed by atoms with E-state index in [0.717, 1.165) is 37.3 Å². The van der Waals surface area contributed by atoms with E-state index in [4.69, 9.17) is 4.42 Å². The number of furan rings is 1. The van der Waals surface area contributed by atoms with Crippen molar-refractivity contribution in [2.45, 2.75) is 54.0 Å². The number of hydrogen-bond donors (Lipinski definition) is 1. The molecule has 2 heteroatoms. The number of hydrogen-bond acceptors (Lipinski definition) is 2. The Labute approximate surface area is 128 Å². The highest BCUT2D eigenvalue weighted by Gasteiger charge is 2.15. The van der Waals surface area contributed by atoms with Gasteiger partial charge in [-0.1, -0.05) is 40.7 Å². The molecule has 0 unspecified atom stereocenters. The molecule has 0 amide bonds. The summed E-state index contributed by atoms with van der Waals surface area (Å²) in [7, 11) is 0. The fraction of sp³-hybridized carbons (Fsp3) is 0.579. The van der Waals surface area contributed by atoms with Gasteiger partial charge in [0, 0.05) is 10.9 Å². The maximum absolute atomic E-state index is 6.12. The maximum Gasteiger partial charge on any atom is 0.134 e. The van der Waals surface area contributed by atoms with Crippen molar-refractivity contribution in [3.05, 3.63) is 35.1 Å². The smallest absolute Gasteiger partial charge is 0.134 e. The number of aryl methyl sites for hydroxylation is 1. The zero-order valence-corrected chi connectivity index (χ0v) is 14.1. The zero-order valence-electron chi connectivity index (χ0n) is 14.1. The van der Waals surface area contributed by atoms with Gasteiger partial charge in [-0.3, -0.25) is 0 Å². The molecule has 0 spiro atoms. The molecule has 116 valence electrons. The van der Waals surface area contributed by atoms with Gasteiger partial charge in [0.25, 0.3) is 0 Å². The summed E-state index contributed by atoms with van der Waals surface area (Å²) < 4.78 is 6.12. The number of fused-ring (bicyclic) bond motifs is 1. The molecule has 0 aliphatic heterocycles. The lowest BCUT2D eigenvalue weighted by Crippen LogP contribution is -2.19. The van der Waals surface area contributed by atoms with Crippen LogP contribution in [0.25, 0.3) is 11.0 Å². The summed E-state index contributed by atoms with van der Waals surface area (Å²) in [5.41, 5.74) is 3.81. The van der Waals surface area contributed by atoms with Crippen LogP contribution in [-0.2, 0) is 19.4 Å². The van der Waals surface area contributed by atoms with Crippen LogP contribution < -0.4 is 5.32 Å². The number of nitrogens with one attached hydrogen (secondary N) is 1. The highest BCUT2D eigenvalue weighted by molar-refractivity contribution is 5.83. The minimum Gasteiger partial charge on any atom is -0.459 e. The molecule has 1 N–H and O–H groups in total. The SMILES string of the molecule is CCc1ccc2oc(CNCC(C)C)c(CC(C)C)c2c1. The van der Waals surface area contributed by atoms with E-state index in [1.54, 1.807) is 0 Å². The molecule has 2 nitrogen and oxygen atoms in total. The molecular weight excluding hydrogens is 258 g/mol. The lowest BCUT2D eigenvalue weighted by atomic mass is 9.98. The summed E-state index contributed by atoms with van der Waals surface area (Å²) in [4.78, 5) is 0. The summed E-state index contributed by atoms with van der Waals surface area (Å²) in [6, 6.07) is 6.61. The third kappa shape index (κ3) is 4.10. The van der Waals surface area contributed by atoms with Crippen molar-refractivity contribution in [3.8, 4) is 0 Å². The van der Waals surface area contributed by atoms with Gasteiger partial charge in [-0.2, -0.15) is 0 Å². The van der Waals surface area contributed by atoms with Crippen LogP contribution in [0.2, 0.25) is 0 Å². The average Bonchev–Trinajstić information content (AvgIpc) is 2.75. The largest absolute Gasteiger partial charge is 0.459 e. The first-order chi connectivity index (χ1) is 10.0. The van der Waals surface area contributed by atoms with Gasteiger partial charge in [0.2, 0.25) is 0 Å². The molecule has 0 aliphatic carbocycles. The van der Waals surface area contributed by atoms with Crippen molar-refractivity contribution in [2.24, 2.45) is 11.8 Å². The third-order valence-electron chi connectivity index (χ3n) is 3.80. The minimum absolute atomic E-state index is 0.639. The average molecular weight is 287 g/mol. The molecule has 1 heterocycles. The van der Waals surface area contributed by atoms with Crippen LogP contribution in [-0.4, -0.2) is 6.54 Å². The Hall–Kier alpha value is -1.28. The molecule has 0 atom stereocenters. The van der Waals surface area contributed by atoms with Crippen molar-refractivity contribution < 1.29 is 4.42 Å². The fourth-order valence-electron chi connectivity index (χ4n) is 2.72. The van der Waals surface area contributed by atoms with E-state index in [2.05, 4.69) is 58.1 Å². The number of rotatable bonds is 7. The van der Waals surface area contributed by atoms with Gasteiger partial charge in [0.05, 0.1) is 6.54 Å². The molecule has 1 aromatic carbocycles. The second kappa shape index (κ2) is 7.13. The van der Waals surface area contributed by atoms with Crippen LogP contribution in [0.3, 0.4) is 0 Å². The molecule has 2 aromatic rings. The van der Waals surface area contributed by atoms with Gasteiger partial charge < -0.3 is 9.73 Å². The highest BCUT2D eigenvalue weighted by Crippen LogP contribution is 2.29. The topological polar surface area (TPSA) is 25.2 Å². The first kappa shape index (κ1) is 16.1. The predicted molar refractivity (Wildman–Crippen MR) is 90.7 cm³/mol. The standard InChI is InChI=1S/C19H29NO/c1-6-15-7-8-18-17(10-15)16(9-13(2)3)19(21-18)12-20-11-14(4)5/h7-8,10,13-14,20H,6,9,11-12H2,1-5H3. The van der Waals surface area contributed by atoms with E-state index >= 15 is 0 Å². The van der Waals surface area contributed by atoms with E-state index in [0.29, 0.717) is 11.8 Å². The van der Waals surface area contributed by atoms with Crippen LogP contribution in [0, 0.1) is 11.8 Å². The maximum atomic E-state index is 6.12. The Bertz CT molecular complexity index is 581. The number of benzene rings is 1. The molecule has 0 aliphatic rings. The summed E-state index contributed by atoms with van der Waals surface area (Å²) in [5, 5.41) is 4.82. The van der Waals surface area contributed by atoms with Crippen molar-refractivity contribution >= 4 is 11.0 Å². The van der Waals surface area contributed by atoms with Crippen LogP contribution in [0.15, 0.2) is 22.6 Å². The van der Waals surface area contributed by atoms with Crippen LogP contribution in [0.4, 0.5) is 0 Å². The summed E-state index contributed by atoms with van der Waals surface area (Å²) in [6.07, 6.45) is 2.15. The molecule has 0 saturated heterocycles. The van der Waals surface area contributed by atoms with Crippen LogP contribution in [0.5, 0.6) is 0 Å². The molecular formula is C19H29NO. The lowest BCUT2D eigenvalue weighted by molar-refractivity contribution is 0.476. The Balaban J connectivity index is 2.33. The quantitative estimate of drug-likeness (QED) is 0.780. The Morgan fingerprint density at radius 2 is 1.86 bits per heavy atom. The molecule has 21 heavy (non-hydrogen) atoms. The Kier molecular flexibility index (Phi) is 5.46. The van der Waals surface area contributed by atoms with Gasteiger partial charge in [-0.05, 0) is 48.9 Å². The molecule has 1 aromatic heterocycles. The molecule has 2 rings (SSSR count). The first-order valence-electron chi connectivity index (χ1n) is 8.25. The second-order valence-electron chi connectivity index (χ2n) is 6.81. The third-order valence-corrected chi connectivity index (χ3v) is 3.80. The fourth-order valence-corrected chi connectivity index (χ4v) is 2.72. The Morgan fingerprint density at radius 1 is 1.10 bits per heavy atom. The van der Waals surface area contributed by atoms with Gasteiger partial charge in [-0.15, -0.1) is 0 Å². The normalized spacial score (nSPS) is 12.0. The lowest BCUT2D eigenvalue weighted by Gasteiger charge is -2.09. The van der Waals surface area contributed by atoms with E-state index < -0.39 is 0 Å². The highest BCUT2D eigenvalue weighted by atomic mass is 16.3. The van der Waals surface area contributed by atoms with Gasteiger partial charge in [0.15, 0.2) is 0 Å². The van der Waals surface area contributed by atoms with Crippen LogP contribution >= 0.6 is 0 Å². The van der Waals surface area contributed by atoms with E-state index in [9.17, 15) is 0 Å². The van der Waals surface area contributed by atoms with Gasteiger partial charge in [-0.25, -0.2) is 0 Å². The molecule has 0 saturated carbocycles. The molecule has 0 bridgehead atoms. The monoisotopic (exact) mass is 287 g/mol. The first-order valence-corrected chi connectivity index (χ1v) is 8.25. The van der Waals surface area contributed by atoms with Crippen molar-refractivity contribution in [1.29, 1.82) is 0 Å². The van der Waals surface area contributed by atoms with Crippen molar-refractivity contribution in [3.63, 3.8) is 0 Å². The Morgan fingerprint density at radius 3 is 2.48 bits per heavy atom. The van der Waals surface area contributed by atoms with Crippen LogP contribution in [0.1, 0.15) is 51.5 Å². The second-order valence-corrected chi connectivity index (χ2v) is 6.81. The van der Waals surface area contributed by atoms with Crippen molar-refractivity contribution in [1.82, 2.24) is 5.32 Å². The summed E-state index contributed by atoms with van der Waals surface area (Å²) in [5.74, 6) is 2.42. The van der Waals surface area contributed by atoms with E-state index in [1.807, 2.05) is 0 Å².